The molecule has 0 amide bonds. The summed E-state index contributed by atoms with van der Waals surface area (Å²) in [4.78, 5) is 0. The molecule has 3 rings (SSSR count). The molecule has 3 saturated carbocycles. The number of rotatable bonds is 10. The Hall–Kier alpha value is -0.940. The van der Waals surface area contributed by atoms with Crippen molar-refractivity contribution < 1.29 is 20.4 Å². The van der Waals surface area contributed by atoms with Crippen molar-refractivity contribution in [3.63, 3.8) is 0 Å². The van der Waals surface area contributed by atoms with Gasteiger partial charge in [0.1, 0.15) is 0 Å². The Morgan fingerprint density at radius 3 is 2.08 bits per heavy atom. The van der Waals surface area contributed by atoms with Gasteiger partial charge in [-0.05, 0) is 126 Å². The van der Waals surface area contributed by atoms with E-state index in [9.17, 15) is 20.4 Å². The third kappa shape index (κ3) is 7.81. The second kappa shape index (κ2) is 11.7. The van der Waals surface area contributed by atoms with Gasteiger partial charge in [-0.15, -0.1) is 0 Å². The highest BCUT2D eigenvalue weighted by atomic mass is 16.3. The minimum atomic E-state index is -0.644. The number of hydrogen-bond acceptors (Lipinski definition) is 4. The second-order valence-corrected chi connectivity index (χ2v) is 14.6. The van der Waals surface area contributed by atoms with Gasteiger partial charge in [-0.25, -0.2) is 0 Å². The molecule has 0 saturated heterocycles. The fourth-order valence-electron chi connectivity index (χ4n) is 8.17. The zero-order chi connectivity index (χ0) is 27.6. The Morgan fingerprint density at radius 1 is 0.919 bits per heavy atom. The molecule has 3 aliphatic rings. The number of allylic oxidation sites excluding steroid dienone is 3. The molecular formula is C33H56O4. The first-order chi connectivity index (χ1) is 17.0. The predicted octanol–water partition coefficient (Wildman–Crippen LogP) is 7.02. The Kier molecular flexibility index (Phi) is 9.64. The first-order valence-electron chi connectivity index (χ1n) is 14.9. The molecule has 0 bridgehead atoms. The molecule has 3 aliphatic carbocycles. The lowest BCUT2D eigenvalue weighted by Gasteiger charge is -2.50. The summed E-state index contributed by atoms with van der Waals surface area (Å²) < 4.78 is 0. The van der Waals surface area contributed by atoms with Gasteiger partial charge in [-0.1, -0.05) is 51.0 Å². The molecule has 0 radical (unpaired) electrons. The molecule has 37 heavy (non-hydrogen) atoms. The molecule has 3 fully saturated rings. The molecule has 4 nitrogen and oxygen atoms in total. The van der Waals surface area contributed by atoms with Crippen molar-refractivity contribution >= 4 is 0 Å². The zero-order valence-electron chi connectivity index (χ0n) is 24.7. The fourth-order valence-corrected chi connectivity index (χ4v) is 8.17. The Morgan fingerprint density at radius 2 is 1.51 bits per heavy atom. The molecule has 4 heteroatoms. The van der Waals surface area contributed by atoms with Gasteiger partial charge in [-0.3, -0.25) is 0 Å². The van der Waals surface area contributed by atoms with E-state index in [1.54, 1.807) is 0 Å². The molecule has 0 aromatic heterocycles. The second-order valence-electron chi connectivity index (χ2n) is 14.6. The monoisotopic (exact) mass is 516 g/mol. The summed E-state index contributed by atoms with van der Waals surface area (Å²) in [5, 5.41) is 41.2. The molecular weight excluding hydrogens is 460 g/mol. The molecule has 2 unspecified atom stereocenters. The van der Waals surface area contributed by atoms with Crippen molar-refractivity contribution in [2.75, 3.05) is 0 Å². The quantitative estimate of drug-likeness (QED) is 0.252. The highest BCUT2D eigenvalue weighted by Crippen LogP contribution is 2.64. The van der Waals surface area contributed by atoms with Crippen LogP contribution in [0.15, 0.2) is 35.5 Å². The molecule has 4 N–H and O–H groups in total. The van der Waals surface area contributed by atoms with Gasteiger partial charge in [0.05, 0.1) is 23.4 Å². The van der Waals surface area contributed by atoms with Gasteiger partial charge >= 0.3 is 0 Å². The van der Waals surface area contributed by atoms with Crippen LogP contribution in [0, 0.1) is 22.7 Å². The maximum atomic E-state index is 10.4. The number of hydrogen-bond donors (Lipinski definition) is 4. The zero-order valence-corrected chi connectivity index (χ0v) is 24.7. The minimum absolute atomic E-state index is 0.187. The summed E-state index contributed by atoms with van der Waals surface area (Å²) >= 11 is 0. The van der Waals surface area contributed by atoms with Crippen molar-refractivity contribution in [3.05, 3.63) is 35.5 Å². The highest BCUT2D eigenvalue weighted by molar-refractivity contribution is 5.38. The van der Waals surface area contributed by atoms with Crippen LogP contribution in [0.5, 0.6) is 0 Å². The van der Waals surface area contributed by atoms with Crippen LogP contribution < -0.4 is 0 Å². The van der Waals surface area contributed by atoms with Crippen molar-refractivity contribution in [2.45, 2.75) is 148 Å². The number of fused-ring (bicyclic) bond motifs is 1. The smallest absolute Gasteiger partial charge is 0.0811 e. The lowest BCUT2D eigenvalue weighted by atomic mass is 9.55. The fraction of sp³-hybridized carbons (Fsp3) is 0.818. The van der Waals surface area contributed by atoms with Crippen LogP contribution >= 0.6 is 0 Å². The van der Waals surface area contributed by atoms with Crippen LogP contribution in [0.2, 0.25) is 0 Å². The van der Waals surface area contributed by atoms with Gasteiger partial charge < -0.3 is 20.4 Å². The summed E-state index contributed by atoms with van der Waals surface area (Å²) in [6.45, 7) is 16.8. The molecule has 0 spiro atoms. The van der Waals surface area contributed by atoms with Crippen LogP contribution in [-0.4, -0.2) is 43.8 Å². The van der Waals surface area contributed by atoms with E-state index in [0.717, 1.165) is 56.1 Å². The van der Waals surface area contributed by atoms with Crippen molar-refractivity contribution in [3.8, 4) is 0 Å². The normalized spacial score (nSPS) is 33.8. The van der Waals surface area contributed by atoms with E-state index in [2.05, 4.69) is 32.6 Å². The summed E-state index contributed by atoms with van der Waals surface area (Å²) in [7, 11) is 0. The third-order valence-electron chi connectivity index (χ3n) is 10.1. The van der Waals surface area contributed by atoms with Gasteiger partial charge in [0, 0.05) is 6.42 Å². The number of aliphatic hydroxyl groups is 4. The highest BCUT2D eigenvalue weighted by Gasteiger charge is 2.54. The van der Waals surface area contributed by atoms with Crippen LogP contribution in [0.25, 0.3) is 0 Å². The van der Waals surface area contributed by atoms with Gasteiger partial charge in [0.25, 0.3) is 0 Å². The van der Waals surface area contributed by atoms with Crippen LogP contribution in [0.1, 0.15) is 125 Å². The summed E-state index contributed by atoms with van der Waals surface area (Å²) in [6.07, 6.45) is 16.2. The van der Waals surface area contributed by atoms with E-state index in [1.165, 1.54) is 31.3 Å². The van der Waals surface area contributed by atoms with E-state index in [0.29, 0.717) is 24.7 Å². The van der Waals surface area contributed by atoms with E-state index < -0.39 is 23.4 Å². The van der Waals surface area contributed by atoms with Crippen LogP contribution in [0.3, 0.4) is 0 Å². The van der Waals surface area contributed by atoms with E-state index in [4.69, 9.17) is 0 Å². The topological polar surface area (TPSA) is 80.9 Å². The lowest BCUT2D eigenvalue weighted by Crippen LogP contribution is -2.41. The minimum Gasteiger partial charge on any atom is -0.393 e. The van der Waals surface area contributed by atoms with Gasteiger partial charge in [-0.2, -0.15) is 0 Å². The number of aliphatic hydroxyl groups excluding tert-OH is 2. The van der Waals surface area contributed by atoms with E-state index >= 15 is 0 Å². The first kappa shape index (κ1) is 30.6. The van der Waals surface area contributed by atoms with Crippen LogP contribution in [0.4, 0.5) is 0 Å². The lowest BCUT2D eigenvalue weighted by molar-refractivity contribution is 0.00528. The Bertz CT molecular complexity index is 835. The molecule has 0 aromatic carbocycles. The van der Waals surface area contributed by atoms with E-state index in [-0.39, 0.29) is 10.8 Å². The van der Waals surface area contributed by atoms with Gasteiger partial charge in [0.2, 0.25) is 0 Å². The Balaban J connectivity index is 1.83. The maximum absolute atomic E-state index is 10.4. The summed E-state index contributed by atoms with van der Waals surface area (Å²) in [5.74, 6) is 1.19. The van der Waals surface area contributed by atoms with E-state index in [1.807, 2.05) is 27.7 Å². The average molecular weight is 517 g/mol. The average Bonchev–Trinajstić information content (AvgIpc) is 3.11. The first-order valence-corrected chi connectivity index (χ1v) is 14.9. The molecule has 0 aromatic rings. The van der Waals surface area contributed by atoms with Crippen LogP contribution in [-0.2, 0) is 0 Å². The predicted molar refractivity (Wildman–Crippen MR) is 153 cm³/mol. The maximum Gasteiger partial charge on any atom is 0.0811 e. The SMILES string of the molecule is C=C1/C(=C\C=C2/CCC[C@@]3(C)C2CC[C@@H]3C(C)(CCCC(C)(C)O)CCCC(C)(C)O)CC(O)C[C@@H]1O. The molecule has 0 aliphatic heterocycles. The molecule has 0 heterocycles. The standard InChI is InChI=1S/C33H56O4/c1-23-25(21-26(34)22-28(23)35)13-12-24-11-8-20-33(7)27(24)14-15-29(33)32(6,18-9-16-30(2,3)36)19-10-17-31(4,5)37/h12-13,26-29,34-37H,1,8-11,14-22H2,2-7H3/b24-12+,25-13-/t26?,27?,28-,29+,33-/m0/s1. The van der Waals surface area contributed by atoms with Gasteiger partial charge in [0.15, 0.2) is 0 Å². The summed E-state index contributed by atoms with van der Waals surface area (Å²) in [6, 6.07) is 0. The van der Waals surface area contributed by atoms with Crippen molar-refractivity contribution in [1.82, 2.24) is 0 Å². The molecule has 212 valence electrons. The molecule has 5 atom stereocenters. The Labute approximate surface area is 227 Å². The van der Waals surface area contributed by atoms with Crippen molar-refractivity contribution in [2.24, 2.45) is 22.7 Å². The van der Waals surface area contributed by atoms with Crippen molar-refractivity contribution in [1.29, 1.82) is 0 Å². The third-order valence-corrected chi connectivity index (χ3v) is 10.1. The summed E-state index contributed by atoms with van der Waals surface area (Å²) in [5.41, 5.74) is 2.46. The largest absolute Gasteiger partial charge is 0.393 e.